The molecule has 0 aromatic carbocycles. The first-order chi connectivity index (χ1) is 4.20. The van der Waals surface area contributed by atoms with Gasteiger partial charge in [0, 0.05) is 0 Å². The average Bonchev–Trinajstić information content (AvgIpc) is 1.87. The minimum Gasteiger partial charge on any atom is -0.298 e. The Balaban J connectivity index is 4.11. The fraction of sp³-hybridized carbons (Fsp3) is 0.286. The Morgan fingerprint density at radius 3 is 2.22 bits per heavy atom. The predicted octanol–water partition coefficient (Wildman–Crippen LogP) is 2.47. The molecule has 0 unspecified atom stereocenters. The molecule has 0 saturated heterocycles. The summed E-state index contributed by atoms with van der Waals surface area (Å²) in [6, 6.07) is 0. The highest BCUT2D eigenvalue weighted by Crippen LogP contribution is 2.01. The van der Waals surface area contributed by atoms with Gasteiger partial charge in [-0.15, -0.1) is 0 Å². The number of carbonyl (C=O) groups excluding carboxylic acids is 1. The van der Waals surface area contributed by atoms with Gasteiger partial charge < -0.3 is 0 Å². The molecular weight excluding hydrogens is 227 g/mol. The quantitative estimate of drug-likeness (QED) is 0.311. The molecule has 0 radical (unpaired) electrons. The number of halogens is 1. The summed E-state index contributed by atoms with van der Waals surface area (Å²) in [5.41, 5.74) is 1.88. The van der Waals surface area contributed by atoms with Gasteiger partial charge in [-0.3, -0.25) is 4.79 Å². The van der Waals surface area contributed by atoms with Crippen molar-refractivity contribution in [1.29, 1.82) is 0 Å². The zero-order valence-electron chi connectivity index (χ0n) is 5.52. The van der Waals surface area contributed by atoms with Gasteiger partial charge >= 0.3 is 0 Å². The highest BCUT2D eigenvalue weighted by molar-refractivity contribution is 14.1. The molecule has 0 aliphatic heterocycles. The molecule has 0 aliphatic carbocycles. The molecule has 0 fully saturated rings. The van der Waals surface area contributed by atoms with Gasteiger partial charge in [0.05, 0.1) is 0 Å². The van der Waals surface area contributed by atoms with E-state index in [0.717, 1.165) is 17.4 Å². The minimum absolute atomic E-state index is 0.764. The van der Waals surface area contributed by atoms with E-state index in [0.29, 0.717) is 0 Å². The van der Waals surface area contributed by atoms with Crippen molar-refractivity contribution in [3.05, 3.63) is 21.3 Å². The van der Waals surface area contributed by atoms with Crippen molar-refractivity contribution in [2.24, 2.45) is 0 Å². The second-order valence-electron chi connectivity index (χ2n) is 1.86. The van der Waals surface area contributed by atoms with E-state index in [-0.39, 0.29) is 0 Å². The Kier molecular flexibility index (Phi) is 4.67. The van der Waals surface area contributed by atoms with E-state index >= 15 is 0 Å². The summed E-state index contributed by atoms with van der Waals surface area (Å²) in [6.07, 6.45) is 2.70. The molecule has 0 heterocycles. The van der Waals surface area contributed by atoms with Gasteiger partial charge in [-0.25, -0.2) is 0 Å². The second-order valence-corrected chi connectivity index (χ2v) is 2.48. The van der Waals surface area contributed by atoms with E-state index < -0.39 is 0 Å². The Labute approximate surface area is 69.0 Å². The van der Waals surface area contributed by atoms with Crippen molar-refractivity contribution in [3.8, 4) is 0 Å². The number of allylic oxidation sites excluding steroid dienone is 3. The standard InChI is InChI=1S/C7H9IO/c1-6(4-8)3-7(2)5-9/h3-5H,1-2H3/b6-4-,7-3+. The fourth-order valence-electron chi connectivity index (χ4n) is 0.425. The summed E-state index contributed by atoms with van der Waals surface area (Å²) < 4.78 is 1.94. The maximum atomic E-state index is 10.1. The van der Waals surface area contributed by atoms with Crippen LogP contribution in [0, 0.1) is 0 Å². The van der Waals surface area contributed by atoms with E-state index in [4.69, 9.17) is 0 Å². The average molecular weight is 236 g/mol. The van der Waals surface area contributed by atoms with Crippen LogP contribution in [0.3, 0.4) is 0 Å². The Morgan fingerprint density at radius 2 is 1.89 bits per heavy atom. The summed E-state index contributed by atoms with van der Waals surface area (Å²) in [4.78, 5) is 10.1. The monoisotopic (exact) mass is 236 g/mol. The Morgan fingerprint density at radius 1 is 1.33 bits per heavy atom. The smallest absolute Gasteiger partial charge is 0.145 e. The summed E-state index contributed by atoms with van der Waals surface area (Å²) in [6.45, 7) is 3.75. The number of hydrogen-bond donors (Lipinski definition) is 0. The number of aldehydes is 1. The highest BCUT2D eigenvalue weighted by Gasteiger charge is 1.83. The third-order valence-corrected chi connectivity index (χ3v) is 1.80. The number of hydrogen-bond acceptors (Lipinski definition) is 1. The third kappa shape index (κ3) is 4.39. The molecule has 0 spiro atoms. The molecule has 0 rings (SSSR count). The van der Waals surface area contributed by atoms with E-state index in [1.165, 1.54) is 0 Å². The maximum absolute atomic E-state index is 10.1. The first kappa shape index (κ1) is 8.88. The first-order valence-corrected chi connectivity index (χ1v) is 3.85. The number of rotatable bonds is 2. The van der Waals surface area contributed by atoms with Crippen molar-refractivity contribution in [3.63, 3.8) is 0 Å². The summed E-state index contributed by atoms with van der Waals surface area (Å²) in [5, 5.41) is 0. The molecule has 0 atom stereocenters. The van der Waals surface area contributed by atoms with Crippen LogP contribution in [0.1, 0.15) is 13.8 Å². The molecule has 0 saturated carbocycles. The van der Waals surface area contributed by atoms with Gasteiger partial charge in [0.1, 0.15) is 6.29 Å². The molecule has 0 aromatic heterocycles. The van der Waals surface area contributed by atoms with Crippen LogP contribution in [0.4, 0.5) is 0 Å². The molecule has 2 heteroatoms. The summed E-state index contributed by atoms with van der Waals surface area (Å²) >= 11 is 2.14. The molecule has 9 heavy (non-hydrogen) atoms. The van der Waals surface area contributed by atoms with Crippen LogP contribution in [-0.2, 0) is 4.79 Å². The SMILES string of the molecule is CC(=C/I)/C=C(\C)C=O. The molecule has 0 aliphatic rings. The Hall–Kier alpha value is -0.120. The first-order valence-electron chi connectivity index (χ1n) is 2.61. The zero-order chi connectivity index (χ0) is 7.28. The third-order valence-electron chi connectivity index (χ3n) is 0.813. The van der Waals surface area contributed by atoms with Crippen LogP contribution in [0.25, 0.3) is 0 Å². The van der Waals surface area contributed by atoms with Crippen molar-refractivity contribution in [2.75, 3.05) is 0 Å². The van der Waals surface area contributed by atoms with Crippen molar-refractivity contribution < 1.29 is 4.79 Å². The normalized spacial score (nSPS) is 13.7. The summed E-state index contributed by atoms with van der Waals surface area (Å²) in [7, 11) is 0. The van der Waals surface area contributed by atoms with Crippen LogP contribution in [0.15, 0.2) is 21.3 Å². The van der Waals surface area contributed by atoms with Crippen LogP contribution in [-0.4, -0.2) is 6.29 Å². The molecule has 50 valence electrons. The predicted molar refractivity (Wildman–Crippen MR) is 47.6 cm³/mol. The molecule has 0 aromatic rings. The van der Waals surface area contributed by atoms with Gasteiger partial charge in [-0.1, -0.05) is 28.7 Å². The second kappa shape index (κ2) is 4.73. The maximum Gasteiger partial charge on any atom is 0.145 e. The van der Waals surface area contributed by atoms with E-state index in [1.807, 2.05) is 17.1 Å². The topological polar surface area (TPSA) is 17.1 Å². The molecule has 0 N–H and O–H groups in total. The lowest BCUT2D eigenvalue weighted by Crippen LogP contribution is -1.75. The fourth-order valence-corrected chi connectivity index (χ4v) is 0.604. The van der Waals surface area contributed by atoms with Gasteiger partial charge in [0.2, 0.25) is 0 Å². The molecule has 0 amide bonds. The van der Waals surface area contributed by atoms with Crippen molar-refractivity contribution in [1.82, 2.24) is 0 Å². The van der Waals surface area contributed by atoms with Gasteiger partial charge in [0.15, 0.2) is 0 Å². The van der Waals surface area contributed by atoms with Crippen LogP contribution >= 0.6 is 22.6 Å². The van der Waals surface area contributed by atoms with E-state index in [2.05, 4.69) is 22.6 Å². The van der Waals surface area contributed by atoms with E-state index in [1.54, 1.807) is 6.92 Å². The Bertz CT molecular complexity index is 156. The highest BCUT2D eigenvalue weighted by atomic mass is 127. The summed E-state index contributed by atoms with van der Waals surface area (Å²) in [5.74, 6) is 0. The van der Waals surface area contributed by atoms with E-state index in [9.17, 15) is 4.79 Å². The number of carbonyl (C=O) groups is 1. The van der Waals surface area contributed by atoms with Gasteiger partial charge in [0.25, 0.3) is 0 Å². The van der Waals surface area contributed by atoms with Gasteiger partial charge in [-0.05, 0) is 29.1 Å². The molecule has 0 bridgehead atoms. The van der Waals surface area contributed by atoms with Crippen molar-refractivity contribution >= 4 is 28.9 Å². The van der Waals surface area contributed by atoms with Crippen LogP contribution in [0.2, 0.25) is 0 Å². The van der Waals surface area contributed by atoms with Crippen LogP contribution in [0.5, 0.6) is 0 Å². The van der Waals surface area contributed by atoms with Gasteiger partial charge in [-0.2, -0.15) is 0 Å². The lowest BCUT2D eigenvalue weighted by atomic mass is 10.2. The molecule has 1 nitrogen and oxygen atoms in total. The largest absolute Gasteiger partial charge is 0.298 e. The van der Waals surface area contributed by atoms with Crippen LogP contribution < -0.4 is 0 Å². The lowest BCUT2D eigenvalue weighted by Gasteiger charge is -1.87. The molecular formula is C7H9IO. The van der Waals surface area contributed by atoms with Crippen molar-refractivity contribution in [2.45, 2.75) is 13.8 Å². The minimum atomic E-state index is 0.764. The lowest BCUT2D eigenvalue weighted by molar-refractivity contribution is -0.104. The zero-order valence-corrected chi connectivity index (χ0v) is 7.68.